The van der Waals surface area contributed by atoms with Crippen molar-refractivity contribution in [2.24, 2.45) is 0 Å². The first-order chi connectivity index (χ1) is 9.79. The van der Waals surface area contributed by atoms with Gasteiger partial charge in [0, 0.05) is 51.9 Å². The maximum atomic E-state index is 3.74. The van der Waals surface area contributed by atoms with Crippen molar-refractivity contribution in [1.82, 2.24) is 15.1 Å². The van der Waals surface area contributed by atoms with Gasteiger partial charge < -0.3 is 5.32 Å². The average molecular weight is 273 g/mol. The van der Waals surface area contributed by atoms with Gasteiger partial charge in [-0.25, -0.2) is 0 Å². The van der Waals surface area contributed by atoms with E-state index in [2.05, 4.69) is 59.0 Å². The highest BCUT2D eigenvalue weighted by Gasteiger charge is 2.20. The molecule has 2 rings (SSSR count). The Balaban J connectivity index is 1.70. The lowest BCUT2D eigenvalue weighted by molar-refractivity contribution is 0.0977. The molecule has 110 valence electrons. The van der Waals surface area contributed by atoms with Gasteiger partial charge in [-0.05, 0) is 12.5 Å². The summed E-state index contributed by atoms with van der Waals surface area (Å²) in [5.74, 6) is 0. The molecule has 3 heteroatoms. The monoisotopic (exact) mass is 273 g/mol. The molecule has 0 spiro atoms. The van der Waals surface area contributed by atoms with Gasteiger partial charge in [0.2, 0.25) is 0 Å². The van der Waals surface area contributed by atoms with Crippen molar-refractivity contribution in [2.75, 3.05) is 39.3 Å². The summed E-state index contributed by atoms with van der Waals surface area (Å²) < 4.78 is 0. The molecule has 1 N–H and O–H groups in total. The molecule has 1 atom stereocenters. The maximum Gasteiger partial charge on any atom is 0.0234 e. The van der Waals surface area contributed by atoms with Gasteiger partial charge in [0.15, 0.2) is 0 Å². The number of nitrogens with one attached hydrogen (secondary N) is 1. The molecule has 0 radical (unpaired) electrons. The number of piperazine rings is 1. The van der Waals surface area contributed by atoms with Gasteiger partial charge in [0.05, 0.1) is 0 Å². The zero-order valence-corrected chi connectivity index (χ0v) is 12.6. The lowest BCUT2D eigenvalue weighted by Crippen LogP contribution is -2.51. The van der Waals surface area contributed by atoms with Crippen molar-refractivity contribution in [3.63, 3.8) is 0 Å². The Hall–Kier alpha value is -1.16. The Bertz CT molecular complexity index is 382. The molecule has 0 saturated carbocycles. The highest BCUT2D eigenvalue weighted by molar-refractivity contribution is 5.14. The van der Waals surface area contributed by atoms with Crippen LogP contribution in [0.5, 0.6) is 0 Å². The minimum absolute atomic E-state index is 0.605. The second-order valence-corrected chi connectivity index (χ2v) is 5.59. The third kappa shape index (κ3) is 4.75. The number of nitrogens with zero attached hydrogens (tertiary/aromatic N) is 2. The summed E-state index contributed by atoms with van der Waals surface area (Å²) in [5, 5.41) is 3.41. The molecule has 0 amide bonds. The summed E-state index contributed by atoms with van der Waals surface area (Å²) in [7, 11) is 0. The van der Waals surface area contributed by atoms with Crippen molar-refractivity contribution in [2.45, 2.75) is 19.5 Å². The predicted molar refractivity (Wildman–Crippen MR) is 85.8 cm³/mol. The van der Waals surface area contributed by atoms with Crippen molar-refractivity contribution >= 4 is 0 Å². The summed E-state index contributed by atoms with van der Waals surface area (Å²) in [5.41, 5.74) is 1.42. The van der Waals surface area contributed by atoms with E-state index in [4.69, 9.17) is 0 Å². The van der Waals surface area contributed by atoms with Crippen LogP contribution < -0.4 is 5.32 Å². The normalized spacial score (nSPS) is 18.9. The third-order valence-corrected chi connectivity index (χ3v) is 4.01. The van der Waals surface area contributed by atoms with Crippen molar-refractivity contribution in [1.29, 1.82) is 0 Å². The summed E-state index contributed by atoms with van der Waals surface area (Å²) >= 11 is 0. The Morgan fingerprint density at radius 3 is 2.55 bits per heavy atom. The molecule has 3 nitrogen and oxygen atoms in total. The maximum absolute atomic E-state index is 3.74. The predicted octanol–water partition coefficient (Wildman–Crippen LogP) is 1.97. The molecule has 1 unspecified atom stereocenters. The minimum atomic E-state index is 0.605. The number of benzene rings is 1. The summed E-state index contributed by atoms with van der Waals surface area (Å²) in [6, 6.07) is 11.4. The lowest BCUT2D eigenvalue weighted by Gasteiger charge is -2.38. The van der Waals surface area contributed by atoms with Gasteiger partial charge in [0.25, 0.3) is 0 Å². The van der Waals surface area contributed by atoms with Crippen LogP contribution >= 0.6 is 0 Å². The van der Waals surface area contributed by atoms with Crippen LogP contribution in [0.1, 0.15) is 12.5 Å². The lowest BCUT2D eigenvalue weighted by atomic mass is 10.2. The van der Waals surface area contributed by atoms with E-state index in [1.165, 1.54) is 31.7 Å². The van der Waals surface area contributed by atoms with E-state index in [1.54, 1.807) is 0 Å². The molecular weight excluding hydrogens is 246 g/mol. The van der Waals surface area contributed by atoms with Crippen LogP contribution in [-0.4, -0.2) is 55.1 Å². The smallest absolute Gasteiger partial charge is 0.0234 e. The van der Waals surface area contributed by atoms with Crippen LogP contribution in [0.25, 0.3) is 0 Å². The molecule has 20 heavy (non-hydrogen) atoms. The largest absolute Gasteiger partial charge is 0.312 e. The first kappa shape index (κ1) is 15.2. The van der Waals surface area contributed by atoms with Gasteiger partial charge in [-0.2, -0.15) is 0 Å². The van der Waals surface area contributed by atoms with Crippen LogP contribution in [0, 0.1) is 0 Å². The zero-order valence-electron chi connectivity index (χ0n) is 12.6. The van der Waals surface area contributed by atoms with E-state index in [1.807, 2.05) is 6.08 Å². The highest BCUT2D eigenvalue weighted by atomic mass is 15.3. The molecule has 0 aromatic heterocycles. The number of rotatable bonds is 7. The zero-order chi connectivity index (χ0) is 14.2. The fraction of sp³-hybridized carbons (Fsp3) is 0.529. The summed E-state index contributed by atoms with van der Waals surface area (Å²) in [6.07, 6.45) is 1.92. The van der Waals surface area contributed by atoms with Crippen LogP contribution in [-0.2, 0) is 6.54 Å². The van der Waals surface area contributed by atoms with Crippen LogP contribution in [0.15, 0.2) is 43.0 Å². The standard InChI is InChI=1S/C17H27N3/c1-3-9-18-14-16(2)20-12-10-19(11-13-20)15-17-7-5-4-6-8-17/h3-8,16,18H,1,9-15H2,2H3. The van der Waals surface area contributed by atoms with E-state index in [0.717, 1.165) is 19.6 Å². The van der Waals surface area contributed by atoms with E-state index in [-0.39, 0.29) is 0 Å². The molecule has 0 aliphatic carbocycles. The number of hydrogen-bond donors (Lipinski definition) is 1. The van der Waals surface area contributed by atoms with E-state index in [0.29, 0.717) is 6.04 Å². The molecule has 1 aliphatic heterocycles. The van der Waals surface area contributed by atoms with E-state index < -0.39 is 0 Å². The molecule has 0 bridgehead atoms. The van der Waals surface area contributed by atoms with Crippen molar-refractivity contribution in [3.8, 4) is 0 Å². The minimum Gasteiger partial charge on any atom is -0.312 e. The SMILES string of the molecule is C=CCNCC(C)N1CCN(Cc2ccccc2)CC1. The van der Waals surface area contributed by atoms with Gasteiger partial charge in [-0.3, -0.25) is 9.80 Å². The van der Waals surface area contributed by atoms with E-state index in [9.17, 15) is 0 Å². The van der Waals surface area contributed by atoms with Gasteiger partial charge in [-0.1, -0.05) is 36.4 Å². The highest BCUT2D eigenvalue weighted by Crippen LogP contribution is 2.10. The van der Waals surface area contributed by atoms with Crippen molar-refractivity contribution in [3.05, 3.63) is 48.6 Å². The molecular formula is C17H27N3. The van der Waals surface area contributed by atoms with Gasteiger partial charge in [-0.15, -0.1) is 6.58 Å². The Labute approximate surface area is 123 Å². The van der Waals surface area contributed by atoms with Crippen molar-refractivity contribution < 1.29 is 0 Å². The molecule has 1 aromatic carbocycles. The van der Waals surface area contributed by atoms with Crippen LogP contribution in [0.2, 0.25) is 0 Å². The first-order valence-corrected chi connectivity index (χ1v) is 7.61. The molecule has 1 fully saturated rings. The topological polar surface area (TPSA) is 18.5 Å². The molecule has 1 aliphatic rings. The average Bonchev–Trinajstić information content (AvgIpc) is 2.49. The first-order valence-electron chi connectivity index (χ1n) is 7.61. The fourth-order valence-electron chi connectivity index (χ4n) is 2.73. The third-order valence-electron chi connectivity index (χ3n) is 4.01. The van der Waals surface area contributed by atoms with Gasteiger partial charge >= 0.3 is 0 Å². The quantitative estimate of drug-likeness (QED) is 0.605. The van der Waals surface area contributed by atoms with Gasteiger partial charge in [0.1, 0.15) is 0 Å². The van der Waals surface area contributed by atoms with E-state index >= 15 is 0 Å². The summed E-state index contributed by atoms with van der Waals surface area (Å²) in [6.45, 7) is 13.7. The molecule has 1 aromatic rings. The fourth-order valence-corrected chi connectivity index (χ4v) is 2.73. The second-order valence-electron chi connectivity index (χ2n) is 5.59. The number of hydrogen-bond acceptors (Lipinski definition) is 3. The molecule has 1 saturated heterocycles. The summed E-state index contributed by atoms with van der Waals surface area (Å²) in [4.78, 5) is 5.13. The molecule has 1 heterocycles. The van der Waals surface area contributed by atoms with Crippen LogP contribution in [0.4, 0.5) is 0 Å². The van der Waals surface area contributed by atoms with Crippen LogP contribution in [0.3, 0.4) is 0 Å². The Morgan fingerprint density at radius 2 is 1.90 bits per heavy atom. The second kappa shape index (κ2) is 8.20. The Kier molecular flexibility index (Phi) is 6.25. The Morgan fingerprint density at radius 1 is 1.20 bits per heavy atom.